The van der Waals surface area contributed by atoms with Crippen molar-refractivity contribution in [3.63, 3.8) is 0 Å². The molecule has 15 nitrogen and oxygen atoms in total. The van der Waals surface area contributed by atoms with Crippen LogP contribution in [0.1, 0.15) is 87.0 Å². The molecule has 4 aromatic heterocycles. The van der Waals surface area contributed by atoms with Crippen LogP contribution in [-0.2, 0) is 40.4 Å². The quantitative estimate of drug-likeness (QED) is 0.134. The largest absolute Gasteiger partial charge is 0.443 e. The van der Waals surface area contributed by atoms with Crippen LogP contribution in [0.25, 0.3) is 44.3 Å². The molecule has 0 radical (unpaired) electrons. The molecule has 2 fully saturated rings. The van der Waals surface area contributed by atoms with E-state index >= 15 is 4.79 Å². The number of nitrogens with zero attached hydrogens (tertiary/aromatic N) is 8. The fourth-order valence-corrected chi connectivity index (χ4v) is 12.5. The number of aromatic nitrogens is 4. The Bertz CT molecular complexity index is 3450. The van der Waals surface area contributed by atoms with E-state index in [-0.39, 0.29) is 5.78 Å². The molecule has 0 bridgehead atoms. The van der Waals surface area contributed by atoms with Crippen molar-refractivity contribution >= 4 is 74.6 Å². The summed E-state index contributed by atoms with van der Waals surface area (Å²) in [5.74, 6) is 1.82. The van der Waals surface area contributed by atoms with Crippen LogP contribution in [0.2, 0.25) is 10.0 Å². The summed E-state index contributed by atoms with van der Waals surface area (Å²) in [7, 11) is 0. The molecule has 0 spiro atoms. The van der Waals surface area contributed by atoms with E-state index in [1.165, 1.54) is 0 Å². The highest BCUT2D eigenvalue weighted by Crippen LogP contribution is 2.47. The highest BCUT2D eigenvalue weighted by molar-refractivity contribution is 6.32. The molecule has 2 atom stereocenters. The fraction of sp³-hybridized carbons (Fsp3) is 0.349. The second-order valence-electron chi connectivity index (χ2n) is 23.4. The summed E-state index contributed by atoms with van der Waals surface area (Å²) in [6.07, 6.45) is 2.60. The zero-order valence-electron chi connectivity index (χ0n) is 46.1. The van der Waals surface area contributed by atoms with Crippen LogP contribution in [0.15, 0.2) is 122 Å². The summed E-state index contributed by atoms with van der Waals surface area (Å²) in [6.45, 7) is 20.3. The van der Waals surface area contributed by atoms with Crippen LogP contribution in [0.4, 0.5) is 21.2 Å². The number of anilines is 2. The minimum atomic E-state index is -0.857. The SMILES string of the molecule is CC(C)(C)OC(=O)n1c(-c2ccc(Cl)c3c2C(C(=O)C2NCc4c(Cl)ccc(-c5cc6cc(CN7CCN(c8ccccn8)CC7)ccc6n5C(=O)OC(C)(C)C)c42)NC3)cc2cc(CN3CCN(c4ccccn4)CC3)ccc21. The number of nitrogens with one attached hydrogen (secondary N) is 2. The van der Waals surface area contributed by atoms with Crippen molar-refractivity contribution in [3.8, 4) is 22.5 Å². The van der Waals surface area contributed by atoms with Crippen LogP contribution in [0.3, 0.4) is 0 Å². The summed E-state index contributed by atoms with van der Waals surface area (Å²) >= 11 is 14.1. The third-order valence-electron chi connectivity index (χ3n) is 15.7. The van der Waals surface area contributed by atoms with Gasteiger partial charge in [0, 0.05) is 123 Å². The number of ketones is 1. The van der Waals surface area contributed by atoms with Crippen molar-refractivity contribution in [3.05, 3.63) is 165 Å². The van der Waals surface area contributed by atoms with Crippen molar-refractivity contribution in [1.82, 2.24) is 39.5 Å². The van der Waals surface area contributed by atoms with Gasteiger partial charge in [0.05, 0.1) is 34.5 Å². The maximum absolute atomic E-state index is 15.8. The first-order chi connectivity index (χ1) is 38.4. The van der Waals surface area contributed by atoms with Crippen molar-refractivity contribution < 1.29 is 23.9 Å². The second-order valence-corrected chi connectivity index (χ2v) is 24.2. The van der Waals surface area contributed by atoms with Gasteiger partial charge >= 0.3 is 12.2 Å². The number of fused-ring (bicyclic) bond motifs is 4. The van der Waals surface area contributed by atoms with Gasteiger partial charge in [0.15, 0.2) is 5.78 Å². The predicted octanol–water partition coefficient (Wildman–Crippen LogP) is 11.8. The number of carbonyl (C=O) groups excluding carboxylic acids is 3. The number of halogens is 2. The van der Waals surface area contributed by atoms with Crippen molar-refractivity contribution in [2.45, 2.75) is 91.0 Å². The first-order valence-corrected chi connectivity index (χ1v) is 28.4. The van der Waals surface area contributed by atoms with Crippen molar-refractivity contribution in [1.29, 1.82) is 0 Å². The lowest BCUT2D eigenvalue weighted by molar-refractivity contribution is -0.123. The molecule has 0 saturated carbocycles. The highest BCUT2D eigenvalue weighted by Gasteiger charge is 2.42. The Hall–Kier alpha value is -7.11. The predicted molar refractivity (Wildman–Crippen MR) is 316 cm³/mol. The van der Waals surface area contributed by atoms with Gasteiger partial charge in [-0.1, -0.05) is 59.6 Å². The maximum atomic E-state index is 15.8. The second kappa shape index (κ2) is 21.4. The van der Waals surface area contributed by atoms with Gasteiger partial charge in [0.25, 0.3) is 0 Å². The fourth-order valence-electron chi connectivity index (χ4n) is 12.0. The van der Waals surface area contributed by atoms with E-state index in [0.29, 0.717) is 67.8 Å². The van der Waals surface area contributed by atoms with Crippen LogP contribution in [0, 0.1) is 0 Å². The normalized spacial score (nSPS) is 18.0. The Labute approximate surface area is 476 Å². The van der Waals surface area contributed by atoms with E-state index in [1.807, 2.05) is 127 Å². The number of hydrogen-bond donors (Lipinski definition) is 2. The number of carbonyl (C=O) groups is 3. The zero-order valence-corrected chi connectivity index (χ0v) is 47.6. The standard InChI is InChI=1S/C63H66Cl2N10O5/c1-62(2,3)79-60(77)74-49-19-13-39(37-70-23-27-72(28-24-70)53-11-7-9-21-66-53)31-41(49)33-51(74)43-15-17-47(64)45-35-68-57(55(43)45)59(76)58-56-44(16-18-48(65)46(56)36-69-58)52-34-42-32-40(14-20-50(42)75(52)61(78)80-63(4,5)6)38-71-25-29-73(30-26-71)54-12-8-10-22-67-54/h7-22,31-34,57-58,68-69H,23-30,35-38H2,1-6H3. The molecule has 12 rings (SSSR count). The van der Waals surface area contributed by atoms with Gasteiger partial charge in [-0.3, -0.25) is 25.2 Å². The summed E-state index contributed by atoms with van der Waals surface area (Å²) in [5.41, 5.74) is 7.48. The molecule has 8 aromatic rings. The third-order valence-corrected chi connectivity index (χ3v) is 16.4. The Morgan fingerprint density at radius 1 is 0.537 bits per heavy atom. The summed E-state index contributed by atoms with van der Waals surface area (Å²) in [6, 6.07) is 34.3. The molecule has 0 aliphatic carbocycles. The van der Waals surface area contributed by atoms with E-state index in [9.17, 15) is 9.59 Å². The van der Waals surface area contributed by atoms with Crippen LogP contribution < -0.4 is 20.4 Å². The molecule has 80 heavy (non-hydrogen) atoms. The molecule has 2 N–H and O–H groups in total. The van der Waals surface area contributed by atoms with E-state index in [4.69, 9.17) is 32.7 Å². The van der Waals surface area contributed by atoms with Gasteiger partial charge in [-0.05, 0) is 148 Å². The monoisotopic (exact) mass is 1110 g/mol. The van der Waals surface area contributed by atoms with Gasteiger partial charge in [0.2, 0.25) is 0 Å². The summed E-state index contributed by atoms with van der Waals surface area (Å²) < 4.78 is 15.5. The number of piperazine rings is 2. The molecule has 2 saturated heterocycles. The van der Waals surface area contributed by atoms with E-state index in [1.54, 1.807) is 9.13 Å². The topological polar surface area (TPSA) is 142 Å². The average Bonchev–Trinajstić information content (AvgIpc) is 4.29. The van der Waals surface area contributed by atoms with E-state index < -0.39 is 35.5 Å². The smallest absolute Gasteiger partial charge is 0.419 e. The van der Waals surface area contributed by atoms with Crippen LogP contribution >= 0.6 is 23.2 Å². The van der Waals surface area contributed by atoms with Gasteiger partial charge in [0.1, 0.15) is 22.8 Å². The van der Waals surface area contributed by atoms with Crippen LogP contribution in [0.5, 0.6) is 0 Å². The Balaban J connectivity index is 0.882. The molecule has 2 unspecified atom stereocenters. The molecule has 8 heterocycles. The first-order valence-electron chi connectivity index (χ1n) is 27.6. The molecule has 17 heteroatoms. The van der Waals surface area contributed by atoms with E-state index in [2.05, 4.69) is 76.6 Å². The minimum Gasteiger partial charge on any atom is -0.443 e. The molecule has 412 valence electrons. The molecular weight excluding hydrogens is 1050 g/mol. The van der Waals surface area contributed by atoms with Crippen molar-refractivity contribution in [2.24, 2.45) is 0 Å². The zero-order chi connectivity index (χ0) is 55.6. The number of rotatable bonds is 10. The number of pyridine rings is 2. The molecule has 4 aliphatic heterocycles. The number of Topliss-reactive ketones (excluding diaryl/α,β-unsaturated/α-hetero) is 1. The summed E-state index contributed by atoms with van der Waals surface area (Å²) in [4.78, 5) is 63.5. The third kappa shape index (κ3) is 10.6. The number of ether oxygens (including phenoxy) is 2. The lowest BCUT2D eigenvalue weighted by Gasteiger charge is -2.35. The Kier molecular flexibility index (Phi) is 14.3. The van der Waals surface area contributed by atoms with E-state index in [0.717, 1.165) is 110 Å². The highest BCUT2D eigenvalue weighted by atomic mass is 35.5. The van der Waals surface area contributed by atoms with Gasteiger partial charge in [-0.2, -0.15) is 0 Å². The number of benzene rings is 4. The molecule has 0 amide bonds. The number of hydrogen-bond acceptors (Lipinski definition) is 13. The maximum Gasteiger partial charge on any atom is 0.419 e. The Morgan fingerprint density at radius 3 is 1.32 bits per heavy atom. The Morgan fingerprint density at radius 2 is 0.950 bits per heavy atom. The molecular formula is C63H66Cl2N10O5. The van der Waals surface area contributed by atoms with Gasteiger partial charge < -0.3 is 19.3 Å². The van der Waals surface area contributed by atoms with Gasteiger partial charge in [-0.15, -0.1) is 0 Å². The van der Waals surface area contributed by atoms with Crippen molar-refractivity contribution in [2.75, 3.05) is 62.2 Å². The lowest BCUT2D eigenvalue weighted by atomic mass is 9.87. The van der Waals surface area contributed by atoms with Gasteiger partial charge in [-0.25, -0.2) is 28.7 Å². The molecule has 4 aromatic carbocycles. The minimum absolute atomic E-state index is 0.162. The lowest BCUT2D eigenvalue weighted by Crippen LogP contribution is -2.46. The van der Waals surface area contributed by atoms with Crippen LogP contribution in [-0.4, -0.2) is 110 Å². The summed E-state index contributed by atoms with van der Waals surface area (Å²) in [5, 5.41) is 9.82. The average molecular weight is 1110 g/mol. The first kappa shape index (κ1) is 53.5. The molecule has 4 aliphatic rings.